The molecule has 0 aromatic heterocycles. The SMILES string of the molecule is O=C(NCCNc1cccc2ccccc12)c1ccc(I)cc1. The Morgan fingerprint density at radius 2 is 1.61 bits per heavy atom. The molecule has 0 atom stereocenters. The minimum atomic E-state index is -0.0406. The lowest BCUT2D eigenvalue weighted by Gasteiger charge is -2.10. The quantitative estimate of drug-likeness (QED) is 0.482. The van der Waals surface area contributed by atoms with Crippen molar-refractivity contribution in [2.45, 2.75) is 0 Å². The molecule has 0 aliphatic heterocycles. The van der Waals surface area contributed by atoms with Gasteiger partial charge in [-0.05, 0) is 58.3 Å². The molecule has 23 heavy (non-hydrogen) atoms. The van der Waals surface area contributed by atoms with Gasteiger partial charge in [-0.3, -0.25) is 4.79 Å². The number of hydrogen-bond acceptors (Lipinski definition) is 2. The van der Waals surface area contributed by atoms with Crippen LogP contribution in [0.5, 0.6) is 0 Å². The molecule has 4 heteroatoms. The summed E-state index contributed by atoms with van der Waals surface area (Å²) in [6, 6.07) is 22.0. The zero-order valence-corrected chi connectivity index (χ0v) is 14.7. The number of fused-ring (bicyclic) bond motifs is 1. The van der Waals surface area contributed by atoms with Gasteiger partial charge in [-0.15, -0.1) is 0 Å². The fraction of sp³-hybridized carbons (Fsp3) is 0.105. The van der Waals surface area contributed by atoms with Gasteiger partial charge in [0.05, 0.1) is 0 Å². The summed E-state index contributed by atoms with van der Waals surface area (Å²) in [5, 5.41) is 8.72. The van der Waals surface area contributed by atoms with Crippen LogP contribution in [-0.2, 0) is 0 Å². The Balaban J connectivity index is 1.55. The smallest absolute Gasteiger partial charge is 0.251 e. The number of carbonyl (C=O) groups excluding carboxylic acids is 1. The van der Waals surface area contributed by atoms with Crippen LogP contribution in [-0.4, -0.2) is 19.0 Å². The Hall–Kier alpha value is -2.08. The van der Waals surface area contributed by atoms with Crippen LogP contribution in [0.15, 0.2) is 66.7 Å². The number of nitrogens with one attached hydrogen (secondary N) is 2. The highest BCUT2D eigenvalue weighted by Crippen LogP contribution is 2.22. The molecule has 1 amide bonds. The Morgan fingerprint density at radius 1 is 0.870 bits per heavy atom. The first-order valence-corrected chi connectivity index (χ1v) is 8.57. The van der Waals surface area contributed by atoms with E-state index >= 15 is 0 Å². The van der Waals surface area contributed by atoms with E-state index in [1.54, 1.807) is 0 Å². The fourth-order valence-corrected chi connectivity index (χ4v) is 2.82. The van der Waals surface area contributed by atoms with E-state index in [0.717, 1.165) is 9.26 Å². The molecule has 116 valence electrons. The van der Waals surface area contributed by atoms with Crippen LogP contribution in [0.1, 0.15) is 10.4 Å². The molecule has 0 fully saturated rings. The van der Waals surface area contributed by atoms with Crippen LogP contribution in [0.4, 0.5) is 5.69 Å². The van der Waals surface area contributed by atoms with E-state index < -0.39 is 0 Å². The molecule has 0 unspecified atom stereocenters. The van der Waals surface area contributed by atoms with Crippen molar-refractivity contribution >= 4 is 45.0 Å². The standard InChI is InChI=1S/C19H17IN2O/c20-16-10-8-15(9-11-16)19(23)22-13-12-21-18-7-3-5-14-4-1-2-6-17(14)18/h1-11,21H,12-13H2,(H,22,23). The average molecular weight is 416 g/mol. The molecule has 0 heterocycles. The highest BCUT2D eigenvalue weighted by molar-refractivity contribution is 14.1. The third kappa shape index (κ3) is 4.01. The molecule has 3 aromatic carbocycles. The third-order valence-electron chi connectivity index (χ3n) is 3.62. The summed E-state index contributed by atoms with van der Waals surface area (Å²) in [6.07, 6.45) is 0. The average Bonchev–Trinajstić information content (AvgIpc) is 2.59. The highest BCUT2D eigenvalue weighted by Gasteiger charge is 2.04. The van der Waals surface area contributed by atoms with Crippen molar-refractivity contribution in [1.29, 1.82) is 0 Å². The molecule has 0 aliphatic rings. The van der Waals surface area contributed by atoms with Gasteiger partial charge in [-0.1, -0.05) is 36.4 Å². The minimum Gasteiger partial charge on any atom is -0.383 e. The number of hydrogen-bond donors (Lipinski definition) is 2. The zero-order valence-electron chi connectivity index (χ0n) is 12.6. The van der Waals surface area contributed by atoms with Crippen molar-refractivity contribution in [2.24, 2.45) is 0 Å². The lowest BCUT2D eigenvalue weighted by atomic mass is 10.1. The van der Waals surface area contributed by atoms with Crippen LogP contribution in [0.3, 0.4) is 0 Å². The second-order valence-electron chi connectivity index (χ2n) is 5.22. The van der Waals surface area contributed by atoms with Crippen molar-refractivity contribution in [3.8, 4) is 0 Å². The minimum absolute atomic E-state index is 0.0406. The van der Waals surface area contributed by atoms with E-state index in [4.69, 9.17) is 0 Å². The van der Waals surface area contributed by atoms with Crippen LogP contribution >= 0.6 is 22.6 Å². The predicted molar refractivity (Wildman–Crippen MR) is 104 cm³/mol. The van der Waals surface area contributed by atoms with E-state index in [9.17, 15) is 4.79 Å². The molecule has 2 N–H and O–H groups in total. The number of anilines is 1. The number of benzene rings is 3. The number of rotatable bonds is 5. The van der Waals surface area contributed by atoms with Crippen LogP contribution < -0.4 is 10.6 Å². The van der Waals surface area contributed by atoms with Gasteiger partial charge in [0.25, 0.3) is 5.91 Å². The van der Waals surface area contributed by atoms with Gasteiger partial charge < -0.3 is 10.6 Å². The topological polar surface area (TPSA) is 41.1 Å². The first-order chi connectivity index (χ1) is 11.2. The molecular formula is C19H17IN2O. The van der Waals surface area contributed by atoms with E-state index in [-0.39, 0.29) is 5.91 Å². The first kappa shape index (κ1) is 15.8. The van der Waals surface area contributed by atoms with Gasteiger partial charge in [0, 0.05) is 33.3 Å². The van der Waals surface area contributed by atoms with Crippen LogP contribution in [0.25, 0.3) is 10.8 Å². The molecule has 0 saturated carbocycles. The number of amides is 1. The van der Waals surface area contributed by atoms with Crippen molar-refractivity contribution in [3.05, 3.63) is 75.9 Å². The van der Waals surface area contributed by atoms with E-state index in [1.807, 2.05) is 42.5 Å². The van der Waals surface area contributed by atoms with Gasteiger partial charge in [0.15, 0.2) is 0 Å². The Bertz CT molecular complexity index is 810. The summed E-state index contributed by atoms with van der Waals surface area (Å²) in [6.45, 7) is 1.26. The Kier molecular flexibility index (Phi) is 5.12. The maximum absolute atomic E-state index is 12.0. The van der Waals surface area contributed by atoms with Crippen LogP contribution in [0.2, 0.25) is 0 Å². The second kappa shape index (κ2) is 7.46. The second-order valence-corrected chi connectivity index (χ2v) is 6.46. The summed E-state index contributed by atoms with van der Waals surface area (Å²) >= 11 is 2.23. The summed E-state index contributed by atoms with van der Waals surface area (Å²) in [4.78, 5) is 12.0. The number of halogens is 1. The number of carbonyl (C=O) groups is 1. The van der Waals surface area contributed by atoms with Gasteiger partial charge in [-0.25, -0.2) is 0 Å². The van der Waals surface area contributed by atoms with E-state index in [0.29, 0.717) is 18.7 Å². The molecule has 0 spiro atoms. The van der Waals surface area contributed by atoms with Crippen molar-refractivity contribution < 1.29 is 4.79 Å². The highest BCUT2D eigenvalue weighted by atomic mass is 127. The molecule has 0 bridgehead atoms. The van der Waals surface area contributed by atoms with Crippen molar-refractivity contribution in [1.82, 2.24) is 5.32 Å². The van der Waals surface area contributed by atoms with E-state index in [2.05, 4.69) is 57.5 Å². The van der Waals surface area contributed by atoms with Gasteiger partial charge in [0.2, 0.25) is 0 Å². The van der Waals surface area contributed by atoms with Crippen LogP contribution in [0, 0.1) is 3.57 Å². The Morgan fingerprint density at radius 3 is 2.43 bits per heavy atom. The summed E-state index contributed by atoms with van der Waals surface area (Å²) in [5.74, 6) is -0.0406. The fourth-order valence-electron chi connectivity index (χ4n) is 2.46. The monoisotopic (exact) mass is 416 g/mol. The predicted octanol–water partition coefficient (Wildman–Crippen LogP) is 4.29. The third-order valence-corrected chi connectivity index (χ3v) is 4.34. The lowest BCUT2D eigenvalue weighted by molar-refractivity contribution is 0.0955. The summed E-state index contributed by atoms with van der Waals surface area (Å²) in [5.41, 5.74) is 1.78. The molecule has 0 aliphatic carbocycles. The maximum atomic E-state index is 12.0. The van der Waals surface area contributed by atoms with E-state index in [1.165, 1.54) is 10.8 Å². The molecule has 0 radical (unpaired) electrons. The first-order valence-electron chi connectivity index (χ1n) is 7.49. The molecule has 0 saturated heterocycles. The normalized spacial score (nSPS) is 10.5. The van der Waals surface area contributed by atoms with Crippen molar-refractivity contribution in [2.75, 3.05) is 18.4 Å². The Labute approximate surface area is 149 Å². The summed E-state index contributed by atoms with van der Waals surface area (Å²) in [7, 11) is 0. The maximum Gasteiger partial charge on any atom is 0.251 e. The van der Waals surface area contributed by atoms with Gasteiger partial charge >= 0.3 is 0 Å². The van der Waals surface area contributed by atoms with Gasteiger partial charge in [0.1, 0.15) is 0 Å². The zero-order chi connectivity index (χ0) is 16.1. The lowest BCUT2D eigenvalue weighted by Crippen LogP contribution is -2.28. The molecule has 3 aromatic rings. The molecular weight excluding hydrogens is 399 g/mol. The summed E-state index contributed by atoms with van der Waals surface area (Å²) < 4.78 is 1.12. The largest absolute Gasteiger partial charge is 0.383 e. The molecule has 3 nitrogen and oxygen atoms in total. The molecule has 3 rings (SSSR count). The van der Waals surface area contributed by atoms with Crippen molar-refractivity contribution in [3.63, 3.8) is 0 Å². The van der Waals surface area contributed by atoms with Gasteiger partial charge in [-0.2, -0.15) is 0 Å².